The number of nitrogen functional groups attached to an aromatic ring is 1. The lowest BCUT2D eigenvalue weighted by molar-refractivity contribution is 0.665. The molecule has 0 atom stereocenters. The van der Waals surface area contributed by atoms with Crippen molar-refractivity contribution in [2.45, 2.75) is 26.8 Å². The fourth-order valence-electron chi connectivity index (χ4n) is 1.84. The Hall–Kier alpha value is -1.78. The third kappa shape index (κ3) is 1.68. The molecule has 0 amide bonds. The van der Waals surface area contributed by atoms with Crippen molar-refractivity contribution in [3.8, 4) is 11.3 Å². The summed E-state index contributed by atoms with van der Waals surface area (Å²) >= 11 is 0. The van der Waals surface area contributed by atoms with Crippen LogP contribution in [0, 0.1) is 6.92 Å². The van der Waals surface area contributed by atoms with E-state index < -0.39 is 0 Å². The van der Waals surface area contributed by atoms with Crippen LogP contribution in [0.5, 0.6) is 0 Å². The highest BCUT2D eigenvalue weighted by molar-refractivity contribution is 5.69. The second-order valence-electron chi connectivity index (χ2n) is 3.95. The van der Waals surface area contributed by atoms with E-state index in [1.807, 2.05) is 24.7 Å². The smallest absolute Gasteiger partial charge is 0.131 e. The quantitative estimate of drug-likeness (QED) is 0.852. The third-order valence-electron chi connectivity index (χ3n) is 2.62. The molecule has 0 aliphatic carbocycles. The van der Waals surface area contributed by atoms with Gasteiger partial charge in [-0.05, 0) is 13.3 Å². The van der Waals surface area contributed by atoms with Crippen molar-refractivity contribution in [2.75, 3.05) is 5.73 Å². The van der Waals surface area contributed by atoms with Crippen LogP contribution in [-0.2, 0) is 13.6 Å². The Kier molecular flexibility index (Phi) is 2.68. The monoisotopic (exact) mass is 219 g/mol. The SMILES string of the molecule is CCCn1c(C)nc(-c2cnn(C)c2)c1N. The van der Waals surface area contributed by atoms with Crippen molar-refractivity contribution in [1.82, 2.24) is 19.3 Å². The highest BCUT2D eigenvalue weighted by Crippen LogP contribution is 2.25. The highest BCUT2D eigenvalue weighted by Gasteiger charge is 2.13. The molecule has 0 unspecified atom stereocenters. The average molecular weight is 219 g/mol. The molecule has 2 rings (SSSR count). The lowest BCUT2D eigenvalue weighted by atomic mass is 10.2. The number of imidazole rings is 1. The summed E-state index contributed by atoms with van der Waals surface area (Å²) in [6, 6.07) is 0. The van der Waals surface area contributed by atoms with Gasteiger partial charge in [0, 0.05) is 25.4 Å². The van der Waals surface area contributed by atoms with Gasteiger partial charge in [0.15, 0.2) is 0 Å². The van der Waals surface area contributed by atoms with Crippen LogP contribution in [0.2, 0.25) is 0 Å². The maximum atomic E-state index is 6.09. The number of nitrogens with two attached hydrogens (primary N) is 1. The van der Waals surface area contributed by atoms with Gasteiger partial charge < -0.3 is 10.3 Å². The predicted octanol–water partition coefficient (Wildman–Crippen LogP) is 1.58. The number of hydrogen-bond donors (Lipinski definition) is 1. The van der Waals surface area contributed by atoms with Gasteiger partial charge in [0.1, 0.15) is 17.3 Å². The molecule has 0 saturated heterocycles. The van der Waals surface area contributed by atoms with Crippen LogP contribution in [0.1, 0.15) is 19.2 Å². The maximum Gasteiger partial charge on any atom is 0.131 e. The lowest BCUT2D eigenvalue weighted by Gasteiger charge is -2.04. The van der Waals surface area contributed by atoms with Gasteiger partial charge in [-0.25, -0.2) is 4.98 Å². The summed E-state index contributed by atoms with van der Waals surface area (Å²) in [6.45, 7) is 5.01. The fraction of sp³-hybridized carbons (Fsp3) is 0.455. The first-order valence-corrected chi connectivity index (χ1v) is 5.45. The molecule has 0 bridgehead atoms. The van der Waals surface area contributed by atoms with E-state index in [4.69, 9.17) is 5.73 Å². The molecule has 2 N–H and O–H groups in total. The largest absolute Gasteiger partial charge is 0.383 e. The minimum absolute atomic E-state index is 0.729. The Morgan fingerprint density at radius 1 is 1.44 bits per heavy atom. The van der Waals surface area contributed by atoms with Crippen LogP contribution in [0.3, 0.4) is 0 Å². The average Bonchev–Trinajstić information content (AvgIpc) is 2.77. The zero-order chi connectivity index (χ0) is 11.7. The standard InChI is InChI=1S/C11H17N5/c1-4-5-16-8(2)14-10(11(16)12)9-6-13-15(3)7-9/h6-7H,4-5,12H2,1-3H3. The van der Waals surface area contributed by atoms with Gasteiger partial charge in [-0.2, -0.15) is 5.10 Å². The summed E-state index contributed by atoms with van der Waals surface area (Å²) in [7, 11) is 1.88. The Bertz CT molecular complexity index is 494. The van der Waals surface area contributed by atoms with Crippen molar-refractivity contribution in [3.05, 3.63) is 18.2 Å². The van der Waals surface area contributed by atoms with Gasteiger partial charge in [0.05, 0.1) is 6.20 Å². The summed E-state index contributed by atoms with van der Waals surface area (Å²) in [4.78, 5) is 4.50. The van der Waals surface area contributed by atoms with Gasteiger partial charge in [-0.15, -0.1) is 0 Å². The maximum absolute atomic E-state index is 6.09. The number of anilines is 1. The van der Waals surface area contributed by atoms with Gasteiger partial charge in [-0.1, -0.05) is 6.92 Å². The van der Waals surface area contributed by atoms with Gasteiger partial charge >= 0.3 is 0 Å². The molecule has 0 aromatic carbocycles. The van der Waals surface area contributed by atoms with Crippen molar-refractivity contribution >= 4 is 5.82 Å². The Morgan fingerprint density at radius 3 is 2.75 bits per heavy atom. The Morgan fingerprint density at radius 2 is 2.19 bits per heavy atom. The molecule has 0 aliphatic rings. The third-order valence-corrected chi connectivity index (χ3v) is 2.62. The second-order valence-corrected chi connectivity index (χ2v) is 3.95. The van der Waals surface area contributed by atoms with Gasteiger partial charge in [-0.3, -0.25) is 4.68 Å². The molecule has 0 spiro atoms. The summed E-state index contributed by atoms with van der Waals surface area (Å²) in [5.74, 6) is 1.69. The van der Waals surface area contributed by atoms with E-state index in [0.29, 0.717) is 0 Å². The molecule has 5 nitrogen and oxygen atoms in total. The predicted molar refractivity (Wildman–Crippen MR) is 63.9 cm³/mol. The molecule has 0 aliphatic heterocycles. The zero-order valence-electron chi connectivity index (χ0n) is 9.94. The number of aromatic nitrogens is 4. The zero-order valence-corrected chi connectivity index (χ0v) is 9.94. The molecule has 16 heavy (non-hydrogen) atoms. The molecular formula is C11H17N5. The van der Waals surface area contributed by atoms with E-state index in [1.165, 1.54) is 0 Å². The first-order valence-electron chi connectivity index (χ1n) is 5.45. The van der Waals surface area contributed by atoms with Crippen LogP contribution < -0.4 is 5.73 Å². The molecule has 2 aromatic heterocycles. The van der Waals surface area contributed by atoms with Crippen LogP contribution in [0.4, 0.5) is 5.82 Å². The van der Waals surface area contributed by atoms with Gasteiger partial charge in [0.25, 0.3) is 0 Å². The van der Waals surface area contributed by atoms with Crippen molar-refractivity contribution in [3.63, 3.8) is 0 Å². The first kappa shape index (κ1) is 10.7. The number of rotatable bonds is 3. The first-order chi connectivity index (χ1) is 7.63. The van der Waals surface area contributed by atoms with Gasteiger partial charge in [0.2, 0.25) is 0 Å². The molecule has 0 saturated carbocycles. The van der Waals surface area contributed by atoms with E-state index in [9.17, 15) is 0 Å². The fourth-order valence-corrected chi connectivity index (χ4v) is 1.84. The van der Waals surface area contributed by atoms with E-state index in [1.54, 1.807) is 10.9 Å². The van der Waals surface area contributed by atoms with Crippen LogP contribution >= 0.6 is 0 Å². The Labute approximate surface area is 94.9 Å². The van der Waals surface area contributed by atoms with E-state index in [0.717, 1.165) is 35.9 Å². The molecule has 0 radical (unpaired) electrons. The Balaban J connectivity index is 2.46. The lowest BCUT2D eigenvalue weighted by Crippen LogP contribution is -2.04. The van der Waals surface area contributed by atoms with Crippen LogP contribution in [0.15, 0.2) is 12.4 Å². The molecule has 86 valence electrons. The van der Waals surface area contributed by atoms with Crippen LogP contribution in [0.25, 0.3) is 11.3 Å². The topological polar surface area (TPSA) is 61.7 Å². The molecule has 5 heteroatoms. The minimum Gasteiger partial charge on any atom is -0.383 e. The second kappa shape index (κ2) is 4.00. The van der Waals surface area contributed by atoms with E-state index in [-0.39, 0.29) is 0 Å². The van der Waals surface area contributed by atoms with E-state index in [2.05, 4.69) is 17.0 Å². The summed E-state index contributed by atoms with van der Waals surface area (Å²) < 4.78 is 3.80. The van der Waals surface area contributed by atoms with Crippen molar-refractivity contribution in [1.29, 1.82) is 0 Å². The minimum atomic E-state index is 0.729. The molecule has 0 fully saturated rings. The summed E-state index contributed by atoms with van der Waals surface area (Å²) in [6.07, 6.45) is 4.76. The van der Waals surface area contributed by atoms with Crippen molar-refractivity contribution in [2.24, 2.45) is 7.05 Å². The molecule has 2 heterocycles. The highest BCUT2D eigenvalue weighted by atomic mass is 15.2. The molecule has 2 aromatic rings. The molecular weight excluding hydrogens is 202 g/mol. The van der Waals surface area contributed by atoms with Crippen LogP contribution in [-0.4, -0.2) is 19.3 Å². The summed E-state index contributed by atoms with van der Waals surface area (Å²) in [5, 5.41) is 4.13. The van der Waals surface area contributed by atoms with Crippen molar-refractivity contribution < 1.29 is 0 Å². The number of hydrogen-bond acceptors (Lipinski definition) is 3. The van der Waals surface area contributed by atoms with E-state index >= 15 is 0 Å². The normalized spacial score (nSPS) is 10.9. The number of nitrogens with zero attached hydrogens (tertiary/aromatic N) is 4. The number of aryl methyl sites for hydroxylation is 2. The summed E-state index contributed by atoms with van der Waals surface area (Å²) in [5.41, 5.74) is 7.90.